The summed E-state index contributed by atoms with van der Waals surface area (Å²) in [5.41, 5.74) is 2.23. The molecule has 1 atom stereocenters. The van der Waals surface area contributed by atoms with Crippen LogP contribution >= 0.6 is 11.6 Å². The number of ether oxygens (including phenoxy) is 1. The van der Waals surface area contributed by atoms with Crippen molar-refractivity contribution in [1.29, 1.82) is 0 Å². The summed E-state index contributed by atoms with van der Waals surface area (Å²) < 4.78 is 5.44. The minimum atomic E-state index is -0.747. The summed E-state index contributed by atoms with van der Waals surface area (Å²) in [6.45, 7) is 2.94. The number of carbonyl (C=O) groups excluding carboxylic acids is 2. The van der Waals surface area contributed by atoms with E-state index >= 15 is 0 Å². The van der Waals surface area contributed by atoms with Crippen molar-refractivity contribution in [3.63, 3.8) is 0 Å². The minimum absolute atomic E-state index is 0.121. The third kappa shape index (κ3) is 4.89. The lowest BCUT2D eigenvalue weighted by molar-refractivity contribution is -0.147. The molecule has 22 heavy (non-hydrogen) atoms. The molecule has 7 heteroatoms. The van der Waals surface area contributed by atoms with Crippen molar-refractivity contribution in [2.45, 2.75) is 25.9 Å². The second kappa shape index (κ2) is 8.00. The summed E-state index contributed by atoms with van der Waals surface area (Å²) in [5.74, 6) is -0.0477. The molecule has 1 fully saturated rings. The fraction of sp³-hybridized carbons (Fsp3) is 0.467. The van der Waals surface area contributed by atoms with Crippen LogP contribution in [-0.4, -0.2) is 42.5 Å². The van der Waals surface area contributed by atoms with Gasteiger partial charge < -0.3 is 9.64 Å². The van der Waals surface area contributed by atoms with Crippen molar-refractivity contribution >= 4 is 23.4 Å². The zero-order valence-electron chi connectivity index (χ0n) is 12.4. The molecule has 2 rings (SSSR count). The number of rotatable bonds is 6. The van der Waals surface area contributed by atoms with Crippen LogP contribution in [0, 0.1) is 0 Å². The lowest BCUT2D eigenvalue weighted by atomic mass is 10.3. The fourth-order valence-corrected chi connectivity index (χ4v) is 2.21. The second-order valence-electron chi connectivity index (χ2n) is 5.06. The van der Waals surface area contributed by atoms with E-state index in [1.807, 2.05) is 0 Å². The Hall–Kier alpha value is -1.79. The number of nitrogens with zero attached hydrogens (tertiary/aromatic N) is 1. The number of hydrogen-bond acceptors (Lipinski definition) is 4. The molecule has 1 N–H and O–H groups in total. The SMILES string of the molecule is C[C@H](Oc1ccc(Cl)cc1)C(=O)NOCC(=O)N1CCCC1. The molecule has 0 saturated carbocycles. The van der Waals surface area contributed by atoms with Gasteiger partial charge in [0, 0.05) is 18.1 Å². The Kier molecular flexibility index (Phi) is 6.03. The maximum absolute atomic E-state index is 11.8. The first kappa shape index (κ1) is 16.6. The summed E-state index contributed by atoms with van der Waals surface area (Å²) in [4.78, 5) is 30.2. The number of halogens is 1. The number of hydrogen-bond donors (Lipinski definition) is 1. The maximum atomic E-state index is 11.8. The molecule has 2 amide bonds. The highest BCUT2D eigenvalue weighted by molar-refractivity contribution is 6.30. The van der Waals surface area contributed by atoms with Gasteiger partial charge in [-0.2, -0.15) is 0 Å². The fourth-order valence-electron chi connectivity index (χ4n) is 2.08. The molecule has 0 aromatic heterocycles. The van der Waals surface area contributed by atoms with Crippen molar-refractivity contribution < 1.29 is 19.2 Å². The van der Waals surface area contributed by atoms with E-state index in [1.54, 1.807) is 36.1 Å². The van der Waals surface area contributed by atoms with Crippen LogP contribution in [-0.2, 0) is 14.4 Å². The predicted octanol–water partition coefficient (Wildman–Crippen LogP) is 1.78. The standard InChI is InChI=1S/C15H19ClN2O4/c1-11(22-13-6-4-12(16)5-7-13)15(20)17-21-10-14(19)18-8-2-3-9-18/h4-7,11H,2-3,8-10H2,1H3,(H,17,20)/t11-/m0/s1. The third-order valence-corrected chi connectivity index (χ3v) is 3.57. The predicted molar refractivity (Wildman–Crippen MR) is 81.5 cm³/mol. The van der Waals surface area contributed by atoms with E-state index < -0.39 is 12.0 Å². The Balaban J connectivity index is 1.69. The lowest BCUT2D eigenvalue weighted by Crippen LogP contribution is -2.39. The van der Waals surface area contributed by atoms with E-state index in [9.17, 15) is 9.59 Å². The summed E-state index contributed by atoms with van der Waals surface area (Å²) in [7, 11) is 0. The molecule has 1 aliphatic rings. The number of amides is 2. The summed E-state index contributed by atoms with van der Waals surface area (Å²) in [6.07, 6.45) is 1.29. The highest BCUT2D eigenvalue weighted by Gasteiger charge is 2.19. The molecule has 1 aromatic carbocycles. The summed E-state index contributed by atoms with van der Waals surface area (Å²) >= 11 is 5.77. The van der Waals surface area contributed by atoms with Gasteiger partial charge in [-0.05, 0) is 44.0 Å². The molecule has 0 aliphatic carbocycles. The van der Waals surface area contributed by atoms with Gasteiger partial charge in [0.2, 0.25) is 0 Å². The summed E-state index contributed by atoms with van der Waals surface area (Å²) in [5, 5.41) is 0.591. The number of carbonyl (C=O) groups is 2. The lowest BCUT2D eigenvalue weighted by Gasteiger charge is -2.17. The molecule has 1 aromatic rings. The number of hydroxylamine groups is 1. The smallest absolute Gasteiger partial charge is 0.284 e. The number of benzene rings is 1. The first-order valence-electron chi connectivity index (χ1n) is 7.18. The molecule has 1 aliphatic heterocycles. The quantitative estimate of drug-likeness (QED) is 0.809. The van der Waals surface area contributed by atoms with E-state index in [4.69, 9.17) is 21.2 Å². The average Bonchev–Trinajstić information content (AvgIpc) is 3.03. The van der Waals surface area contributed by atoms with Crippen molar-refractivity contribution in [3.05, 3.63) is 29.3 Å². The highest BCUT2D eigenvalue weighted by atomic mass is 35.5. The van der Waals surface area contributed by atoms with Gasteiger partial charge in [-0.15, -0.1) is 0 Å². The van der Waals surface area contributed by atoms with Crippen LogP contribution in [0.25, 0.3) is 0 Å². The van der Waals surface area contributed by atoms with Crippen LogP contribution in [0.15, 0.2) is 24.3 Å². The zero-order chi connectivity index (χ0) is 15.9. The molecule has 0 bridgehead atoms. The van der Waals surface area contributed by atoms with Gasteiger partial charge in [-0.25, -0.2) is 5.48 Å². The average molecular weight is 327 g/mol. The molecule has 0 radical (unpaired) electrons. The maximum Gasteiger partial charge on any atom is 0.284 e. The van der Waals surface area contributed by atoms with Gasteiger partial charge >= 0.3 is 0 Å². The van der Waals surface area contributed by atoms with Gasteiger partial charge in [0.25, 0.3) is 11.8 Å². The monoisotopic (exact) mass is 326 g/mol. The zero-order valence-corrected chi connectivity index (χ0v) is 13.1. The van der Waals surface area contributed by atoms with Crippen LogP contribution in [0.2, 0.25) is 5.02 Å². The first-order valence-corrected chi connectivity index (χ1v) is 7.55. The van der Waals surface area contributed by atoms with Gasteiger partial charge in [-0.1, -0.05) is 11.6 Å². The number of nitrogens with one attached hydrogen (secondary N) is 1. The van der Waals surface area contributed by atoms with Crippen molar-refractivity contribution in [1.82, 2.24) is 10.4 Å². The second-order valence-corrected chi connectivity index (χ2v) is 5.49. The van der Waals surface area contributed by atoms with E-state index in [0.29, 0.717) is 10.8 Å². The molecular weight excluding hydrogens is 308 g/mol. The molecular formula is C15H19ClN2O4. The van der Waals surface area contributed by atoms with Crippen LogP contribution in [0.4, 0.5) is 0 Å². The van der Waals surface area contributed by atoms with Crippen LogP contribution < -0.4 is 10.2 Å². The summed E-state index contributed by atoms with van der Waals surface area (Å²) in [6, 6.07) is 6.69. The molecule has 0 spiro atoms. The Morgan fingerprint density at radius 3 is 2.55 bits per heavy atom. The number of likely N-dealkylation sites (tertiary alicyclic amines) is 1. The van der Waals surface area contributed by atoms with E-state index in [2.05, 4.69) is 5.48 Å². The van der Waals surface area contributed by atoms with Crippen molar-refractivity contribution in [2.75, 3.05) is 19.7 Å². The molecule has 0 unspecified atom stereocenters. The van der Waals surface area contributed by atoms with Gasteiger partial charge in [0.15, 0.2) is 12.7 Å². The Labute approximate surface area is 134 Å². The Morgan fingerprint density at radius 1 is 1.27 bits per heavy atom. The third-order valence-electron chi connectivity index (χ3n) is 3.32. The van der Waals surface area contributed by atoms with E-state index in [-0.39, 0.29) is 12.5 Å². The van der Waals surface area contributed by atoms with E-state index in [1.165, 1.54) is 0 Å². The van der Waals surface area contributed by atoms with Crippen molar-refractivity contribution in [2.24, 2.45) is 0 Å². The Bertz CT molecular complexity index is 515. The van der Waals surface area contributed by atoms with Crippen LogP contribution in [0.5, 0.6) is 5.75 Å². The highest BCUT2D eigenvalue weighted by Crippen LogP contribution is 2.16. The Morgan fingerprint density at radius 2 is 1.91 bits per heavy atom. The largest absolute Gasteiger partial charge is 0.481 e. The van der Waals surface area contributed by atoms with Gasteiger partial charge in [0.05, 0.1) is 0 Å². The first-order chi connectivity index (χ1) is 10.6. The van der Waals surface area contributed by atoms with E-state index in [0.717, 1.165) is 25.9 Å². The van der Waals surface area contributed by atoms with Gasteiger partial charge in [0.1, 0.15) is 5.75 Å². The topological polar surface area (TPSA) is 67.9 Å². The normalized spacial score (nSPS) is 15.5. The molecule has 1 heterocycles. The molecule has 6 nitrogen and oxygen atoms in total. The molecule has 1 saturated heterocycles. The van der Waals surface area contributed by atoms with Crippen LogP contribution in [0.1, 0.15) is 19.8 Å². The van der Waals surface area contributed by atoms with Crippen molar-refractivity contribution in [3.8, 4) is 5.75 Å². The van der Waals surface area contributed by atoms with Crippen LogP contribution in [0.3, 0.4) is 0 Å². The van der Waals surface area contributed by atoms with Gasteiger partial charge in [-0.3, -0.25) is 14.4 Å². The molecule has 120 valence electrons. The minimum Gasteiger partial charge on any atom is -0.481 e.